The topological polar surface area (TPSA) is 50.7 Å². The zero-order valence-corrected chi connectivity index (χ0v) is 9.14. The van der Waals surface area contributed by atoms with Crippen molar-refractivity contribution in [1.82, 2.24) is 0 Å². The number of methoxy groups -OCH3 is 1. The molecule has 14 heavy (non-hydrogen) atoms. The van der Waals surface area contributed by atoms with Crippen LogP contribution in [-0.4, -0.2) is 26.0 Å². The van der Waals surface area contributed by atoms with Crippen molar-refractivity contribution in [3.05, 3.63) is 17.0 Å². The third-order valence-corrected chi connectivity index (χ3v) is 2.53. The van der Waals surface area contributed by atoms with Gasteiger partial charge >= 0.3 is 5.97 Å². The summed E-state index contributed by atoms with van der Waals surface area (Å²) in [5, 5.41) is 5.62. The number of rotatable bonds is 2. The minimum Gasteiger partial charge on any atom is -0.465 e. The van der Waals surface area contributed by atoms with Gasteiger partial charge in [-0.2, -0.15) is 0 Å². The Balaban J connectivity index is 2.88. The van der Waals surface area contributed by atoms with Crippen molar-refractivity contribution < 1.29 is 9.53 Å². The van der Waals surface area contributed by atoms with E-state index >= 15 is 0 Å². The summed E-state index contributed by atoms with van der Waals surface area (Å²) >= 11 is 1.44. The molecule has 1 aromatic rings. The van der Waals surface area contributed by atoms with Crippen molar-refractivity contribution in [2.75, 3.05) is 19.5 Å². The predicted molar refractivity (Wildman–Crippen MR) is 58.3 cm³/mol. The Labute approximate surface area is 86.6 Å². The zero-order chi connectivity index (χ0) is 10.6. The molecule has 1 heterocycles. The number of thiophene rings is 1. The molecule has 0 aliphatic carbocycles. The molecular weight excluding hydrogens is 200 g/mol. The third kappa shape index (κ3) is 2.32. The lowest BCUT2D eigenvalue weighted by molar-refractivity contribution is 0.0602. The zero-order valence-electron chi connectivity index (χ0n) is 8.33. The van der Waals surface area contributed by atoms with Gasteiger partial charge in [-0.15, -0.1) is 11.3 Å². The van der Waals surface area contributed by atoms with Crippen LogP contribution in [0, 0.1) is 0 Å². The number of nitrogens with zero attached hydrogens (tertiary/aromatic N) is 1. The Hall–Kier alpha value is -1.36. The molecule has 4 nitrogen and oxygen atoms in total. The fourth-order valence-corrected chi connectivity index (χ4v) is 1.72. The van der Waals surface area contributed by atoms with Crippen molar-refractivity contribution in [3.63, 3.8) is 0 Å². The molecular formula is C9H12N2O2S. The molecule has 0 aliphatic rings. The van der Waals surface area contributed by atoms with Crippen LogP contribution in [0.4, 0.5) is 5.00 Å². The van der Waals surface area contributed by atoms with E-state index < -0.39 is 0 Å². The van der Waals surface area contributed by atoms with Gasteiger partial charge in [-0.05, 0) is 18.4 Å². The molecule has 1 aromatic heterocycles. The minimum absolute atomic E-state index is 0.336. The standard InChI is InChI=1S/C9H12N2O2S/c1-6(10-2)11-8-7(4-5-14-8)9(12)13-3/h4-5H,1-3H3,(H,10,11). The maximum atomic E-state index is 11.3. The van der Waals surface area contributed by atoms with Crippen LogP contribution >= 0.6 is 11.3 Å². The van der Waals surface area contributed by atoms with E-state index in [-0.39, 0.29) is 5.97 Å². The summed E-state index contributed by atoms with van der Waals surface area (Å²) in [6.07, 6.45) is 0. The second-order valence-electron chi connectivity index (χ2n) is 2.59. The van der Waals surface area contributed by atoms with Crippen LogP contribution in [0.5, 0.6) is 0 Å². The molecule has 1 N–H and O–H groups in total. The van der Waals surface area contributed by atoms with Gasteiger partial charge in [0.1, 0.15) is 5.00 Å². The van der Waals surface area contributed by atoms with E-state index in [4.69, 9.17) is 0 Å². The average Bonchev–Trinajstić information content (AvgIpc) is 2.64. The SMILES string of the molecule is CN=C(C)Nc1sccc1C(=O)OC. The molecule has 0 saturated heterocycles. The summed E-state index contributed by atoms with van der Waals surface area (Å²) in [7, 11) is 3.05. The van der Waals surface area contributed by atoms with Gasteiger partial charge in [0.05, 0.1) is 18.5 Å². The Kier molecular flexibility index (Phi) is 3.64. The van der Waals surface area contributed by atoms with Crippen molar-refractivity contribution in [3.8, 4) is 0 Å². The fourth-order valence-electron chi connectivity index (χ4n) is 0.897. The van der Waals surface area contributed by atoms with Crippen LogP contribution in [-0.2, 0) is 4.74 Å². The van der Waals surface area contributed by atoms with Crippen LogP contribution in [0.2, 0.25) is 0 Å². The number of amidine groups is 1. The molecule has 0 bridgehead atoms. The Bertz CT molecular complexity index is 357. The summed E-state index contributed by atoms with van der Waals surface area (Å²) < 4.78 is 4.64. The molecule has 0 spiro atoms. The summed E-state index contributed by atoms with van der Waals surface area (Å²) in [5.41, 5.74) is 0.542. The molecule has 0 aromatic carbocycles. The molecule has 1 rings (SSSR count). The number of ether oxygens (including phenoxy) is 1. The third-order valence-electron chi connectivity index (χ3n) is 1.70. The molecule has 0 unspecified atom stereocenters. The van der Waals surface area contributed by atoms with Crippen molar-refractivity contribution in [1.29, 1.82) is 0 Å². The first kappa shape index (κ1) is 10.7. The summed E-state index contributed by atoms with van der Waals surface area (Å²) in [4.78, 5) is 15.2. The quantitative estimate of drug-likeness (QED) is 0.463. The number of nitrogens with one attached hydrogen (secondary N) is 1. The Morgan fingerprint density at radius 1 is 1.64 bits per heavy atom. The summed E-state index contributed by atoms with van der Waals surface area (Å²) in [6, 6.07) is 1.72. The van der Waals surface area contributed by atoms with Crippen LogP contribution in [0.3, 0.4) is 0 Å². The molecule has 0 saturated carbocycles. The van der Waals surface area contributed by atoms with E-state index in [2.05, 4.69) is 15.0 Å². The maximum absolute atomic E-state index is 11.3. The largest absolute Gasteiger partial charge is 0.465 e. The number of carbonyl (C=O) groups excluding carboxylic acids is 1. The Morgan fingerprint density at radius 2 is 2.36 bits per heavy atom. The van der Waals surface area contributed by atoms with Gasteiger partial charge in [0.15, 0.2) is 0 Å². The maximum Gasteiger partial charge on any atom is 0.340 e. The first-order chi connectivity index (χ1) is 6.69. The number of esters is 1. The van der Waals surface area contributed by atoms with Gasteiger partial charge < -0.3 is 10.1 Å². The highest BCUT2D eigenvalue weighted by atomic mass is 32.1. The molecule has 0 fully saturated rings. The van der Waals surface area contributed by atoms with Crippen LogP contribution in [0.15, 0.2) is 16.4 Å². The highest BCUT2D eigenvalue weighted by Crippen LogP contribution is 2.23. The van der Waals surface area contributed by atoms with Crippen molar-refractivity contribution in [2.24, 2.45) is 4.99 Å². The number of hydrogen-bond donors (Lipinski definition) is 1. The van der Waals surface area contributed by atoms with E-state index in [9.17, 15) is 4.79 Å². The number of carbonyl (C=O) groups is 1. The van der Waals surface area contributed by atoms with E-state index in [1.54, 1.807) is 13.1 Å². The average molecular weight is 212 g/mol. The lowest BCUT2D eigenvalue weighted by Gasteiger charge is -2.04. The van der Waals surface area contributed by atoms with Gasteiger partial charge in [-0.1, -0.05) is 0 Å². The van der Waals surface area contributed by atoms with E-state index in [1.165, 1.54) is 18.4 Å². The Morgan fingerprint density at radius 3 is 2.93 bits per heavy atom. The molecule has 76 valence electrons. The summed E-state index contributed by atoms with van der Waals surface area (Å²) in [6.45, 7) is 1.83. The first-order valence-electron chi connectivity index (χ1n) is 4.05. The highest BCUT2D eigenvalue weighted by molar-refractivity contribution is 7.14. The number of anilines is 1. The van der Waals surface area contributed by atoms with Gasteiger partial charge in [0, 0.05) is 7.05 Å². The van der Waals surface area contributed by atoms with Gasteiger partial charge in [-0.3, -0.25) is 4.99 Å². The number of aliphatic imine (C=N–C) groups is 1. The van der Waals surface area contributed by atoms with Gasteiger partial charge in [-0.25, -0.2) is 4.79 Å². The summed E-state index contributed by atoms with van der Waals surface area (Å²) in [5.74, 6) is 0.426. The highest BCUT2D eigenvalue weighted by Gasteiger charge is 2.12. The number of hydrogen-bond acceptors (Lipinski definition) is 4. The van der Waals surface area contributed by atoms with Gasteiger partial charge in [0.2, 0.25) is 0 Å². The second kappa shape index (κ2) is 4.76. The minimum atomic E-state index is -0.336. The lowest BCUT2D eigenvalue weighted by Crippen LogP contribution is -2.09. The smallest absolute Gasteiger partial charge is 0.340 e. The first-order valence-corrected chi connectivity index (χ1v) is 4.93. The van der Waals surface area contributed by atoms with Crippen molar-refractivity contribution in [2.45, 2.75) is 6.92 Å². The molecule has 5 heteroatoms. The van der Waals surface area contributed by atoms with Crippen LogP contribution in [0.1, 0.15) is 17.3 Å². The second-order valence-corrected chi connectivity index (χ2v) is 3.51. The van der Waals surface area contributed by atoms with E-state index in [0.29, 0.717) is 5.56 Å². The lowest BCUT2D eigenvalue weighted by atomic mass is 10.3. The van der Waals surface area contributed by atoms with Gasteiger partial charge in [0.25, 0.3) is 0 Å². The molecule has 0 radical (unpaired) electrons. The molecule has 0 atom stereocenters. The molecule has 0 aliphatic heterocycles. The molecule has 0 amide bonds. The van der Waals surface area contributed by atoms with E-state index in [0.717, 1.165) is 10.8 Å². The monoisotopic (exact) mass is 212 g/mol. The normalized spacial score (nSPS) is 11.2. The van der Waals surface area contributed by atoms with Crippen LogP contribution < -0.4 is 5.32 Å². The van der Waals surface area contributed by atoms with Crippen molar-refractivity contribution >= 4 is 28.1 Å². The fraction of sp³-hybridized carbons (Fsp3) is 0.333. The predicted octanol–water partition coefficient (Wildman–Crippen LogP) is 1.99. The van der Waals surface area contributed by atoms with Crippen LogP contribution in [0.25, 0.3) is 0 Å². The van der Waals surface area contributed by atoms with E-state index in [1.807, 2.05) is 12.3 Å².